The summed E-state index contributed by atoms with van der Waals surface area (Å²) in [5.41, 5.74) is 6.66. The highest BCUT2D eigenvalue weighted by molar-refractivity contribution is 6.74. The number of nitrogens with two attached hydrogens (primary N) is 1. The van der Waals surface area contributed by atoms with Crippen molar-refractivity contribution in [2.24, 2.45) is 0 Å². The van der Waals surface area contributed by atoms with Gasteiger partial charge in [-0.25, -0.2) is 0 Å². The summed E-state index contributed by atoms with van der Waals surface area (Å²) in [7, 11) is -1.73. The molecule has 4 nitrogen and oxygen atoms in total. The third-order valence-electron chi connectivity index (χ3n) is 4.05. The van der Waals surface area contributed by atoms with Gasteiger partial charge in [0.15, 0.2) is 8.32 Å². The van der Waals surface area contributed by atoms with Crippen LogP contribution in [0.2, 0.25) is 18.1 Å². The molecule has 1 aromatic rings. The fraction of sp³-hybridized carbons (Fsp3) is 0.714. The zero-order valence-electron chi connectivity index (χ0n) is 13.2. The summed E-state index contributed by atoms with van der Waals surface area (Å²) in [4.78, 5) is 0. The maximum Gasteiger partial charge on any atom is 0.192 e. The van der Waals surface area contributed by atoms with Crippen molar-refractivity contribution >= 4 is 14.1 Å². The van der Waals surface area contributed by atoms with Crippen LogP contribution in [0, 0.1) is 0 Å². The molecule has 1 heterocycles. The summed E-state index contributed by atoms with van der Waals surface area (Å²) in [5, 5.41) is 7.94. The van der Waals surface area contributed by atoms with Gasteiger partial charge in [-0.1, -0.05) is 34.6 Å². The smallest absolute Gasteiger partial charge is 0.192 e. The van der Waals surface area contributed by atoms with Crippen LogP contribution in [0.5, 0.6) is 0 Å². The van der Waals surface area contributed by atoms with Crippen molar-refractivity contribution in [1.29, 1.82) is 0 Å². The number of anilines is 1. The van der Waals surface area contributed by atoms with E-state index in [1.165, 1.54) is 0 Å². The molecule has 1 rings (SSSR count). The van der Waals surface area contributed by atoms with Gasteiger partial charge >= 0.3 is 0 Å². The van der Waals surface area contributed by atoms with Gasteiger partial charge in [-0.3, -0.25) is 0 Å². The van der Waals surface area contributed by atoms with Crippen LogP contribution in [0.15, 0.2) is 12.3 Å². The average Bonchev–Trinajstić information content (AvgIpc) is 2.25. The van der Waals surface area contributed by atoms with E-state index in [0.29, 0.717) is 12.4 Å². The number of rotatable bonds is 4. The van der Waals surface area contributed by atoms with Gasteiger partial charge in [0.1, 0.15) is 5.82 Å². The van der Waals surface area contributed by atoms with Crippen molar-refractivity contribution in [2.75, 3.05) is 12.3 Å². The first kappa shape index (κ1) is 16.1. The van der Waals surface area contributed by atoms with E-state index in [-0.39, 0.29) is 10.5 Å². The molecule has 0 aliphatic heterocycles. The molecule has 0 amide bonds. The lowest BCUT2D eigenvalue weighted by Crippen LogP contribution is -2.44. The second kappa shape index (κ2) is 5.21. The van der Waals surface area contributed by atoms with Crippen LogP contribution in [0.3, 0.4) is 0 Å². The maximum atomic E-state index is 6.30. The lowest BCUT2D eigenvalue weighted by molar-refractivity contribution is 0.220. The van der Waals surface area contributed by atoms with Gasteiger partial charge < -0.3 is 10.2 Å². The van der Waals surface area contributed by atoms with Crippen LogP contribution in [-0.4, -0.2) is 25.1 Å². The fourth-order valence-corrected chi connectivity index (χ4v) is 2.57. The van der Waals surface area contributed by atoms with Crippen LogP contribution in [0.1, 0.15) is 40.2 Å². The second-order valence-electron chi connectivity index (χ2n) is 7.30. The Bertz CT molecular complexity index is 439. The van der Waals surface area contributed by atoms with E-state index in [9.17, 15) is 0 Å². The molecule has 0 saturated heterocycles. The normalized spacial score (nSPS) is 13.6. The Balaban J connectivity index is 2.82. The summed E-state index contributed by atoms with van der Waals surface area (Å²) in [5.74, 6) is 0.456. The van der Waals surface area contributed by atoms with Crippen molar-refractivity contribution in [3.63, 3.8) is 0 Å². The molecule has 5 heteroatoms. The minimum atomic E-state index is -1.73. The Morgan fingerprint density at radius 3 is 2.26 bits per heavy atom. The predicted octanol–water partition coefficient (Wildman–Crippen LogP) is 3.36. The van der Waals surface area contributed by atoms with Gasteiger partial charge in [-0.2, -0.15) is 5.10 Å². The Hall–Kier alpha value is -0.943. The van der Waals surface area contributed by atoms with Crippen molar-refractivity contribution < 1.29 is 4.43 Å². The van der Waals surface area contributed by atoms with Crippen molar-refractivity contribution in [1.82, 2.24) is 10.2 Å². The monoisotopic (exact) mass is 281 g/mol. The molecule has 0 bridgehead atoms. The first-order chi connectivity index (χ1) is 8.46. The lowest BCUT2D eigenvalue weighted by atomic mass is 9.87. The minimum Gasteiger partial charge on any atom is -0.416 e. The molecule has 0 aliphatic carbocycles. The summed E-state index contributed by atoms with van der Waals surface area (Å²) >= 11 is 0. The molecule has 0 aliphatic rings. The highest BCUT2D eigenvalue weighted by Crippen LogP contribution is 2.38. The summed E-state index contributed by atoms with van der Waals surface area (Å²) < 4.78 is 6.30. The Morgan fingerprint density at radius 2 is 1.79 bits per heavy atom. The predicted molar refractivity (Wildman–Crippen MR) is 82.6 cm³/mol. The quantitative estimate of drug-likeness (QED) is 0.860. The molecular formula is C14H27N3OSi. The molecule has 0 unspecified atom stereocenters. The molecule has 0 radical (unpaired) electrons. The van der Waals surface area contributed by atoms with Crippen molar-refractivity contribution in [2.45, 2.75) is 58.2 Å². The molecule has 108 valence electrons. The van der Waals surface area contributed by atoms with E-state index in [4.69, 9.17) is 10.2 Å². The highest BCUT2D eigenvalue weighted by Gasteiger charge is 2.38. The highest BCUT2D eigenvalue weighted by atomic mass is 28.4. The number of hydrogen-bond acceptors (Lipinski definition) is 4. The van der Waals surface area contributed by atoms with Gasteiger partial charge in [-0.05, 0) is 29.8 Å². The third kappa shape index (κ3) is 4.01. The molecule has 19 heavy (non-hydrogen) atoms. The fourth-order valence-electron chi connectivity index (χ4n) is 1.41. The SMILES string of the molecule is CC(C)(CO[Si](C)(C)C(C)(C)C)c1cnnc(N)c1. The van der Waals surface area contributed by atoms with Crippen LogP contribution >= 0.6 is 0 Å². The lowest BCUT2D eigenvalue weighted by Gasteiger charge is -2.39. The molecule has 2 N–H and O–H groups in total. The van der Waals surface area contributed by atoms with E-state index in [2.05, 4.69) is 57.9 Å². The van der Waals surface area contributed by atoms with Crippen LogP contribution in [0.25, 0.3) is 0 Å². The Labute approximate surface area is 117 Å². The second-order valence-corrected chi connectivity index (χ2v) is 12.1. The largest absolute Gasteiger partial charge is 0.416 e. The first-order valence-electron chi connectivity index (χ1n) is 6.68. The maximum absolute atomic E-state index is 6.30. The summed E-state index contributed by atoms with van der Waals surface area (Å²) in [6.45, 7) is 16.3. The van der Waals surface area contributed by atoms with Gasteiger partial charge in [0, 0.05) is 12.0 Å². The molecule has 0 atom stereocenters. The molecule has 0 saturated carbocycles. The van der Waals surface area contributed by atoms with Gasteiger partial charge in [0.2, 0.25) is 0 Å². The van der Waals surface area contributed by atoms with E-state index >= 15 is 0 Å². The van der Waals surface area contributed by atoms with Crippen LogP contribution in [-0.2, 0) is 9.84 Å². The van der Waals surface area contributed by atoms with Crippen LogP contribution < -0.4 is 5.73 Å². The standard InChI is InChI=1S/C14H27N3OSi/c1-13(2,3)19(6,7)18-10-14(4,5)11-8-12(15)17-16-9-11/h8-9H,10H2,1-7H3,(H2,15,17). The van der Waals surface area contributed by atoms with Gasteiger partial charge in [0.05, 0.1) is 6.20 Å². The molecule has 0 aromatic carbocycles. The van der Waals surface area contributed by atoms with Crippen LogP contribution in [0.4, 0.5) is 5.82 Å². The van der Waals surface area contributed by atoms with Crippen molar-refractivity contribution in [3.05, 3.63) is 17.8 Å². The number of nitrogens with zero attached hydrogens (tertiary/aromatic N) is 2. The summed E-state index contributed by atoms with van der Waals surface area (Å²) in [6, 6.07) is 1.88. The Kier molecular flexibility index (Phi) is 4.42. The van der Waals surface area contributed by atoms with E-state index in [1.54, 1.807) is 6.20 Å². The molecule has 0 spiro atoms. The molecular weight excluding hydrogens is 254 g/mol. The van der Waals surface area contributed by atoms with Gasteiger partial charge in [0.25, 0.3) is 0 Å². The average molecular weight is 281 g/mol. The first-order valence-corrected chi connectivity index (χ1v) is 9.59. The zero-order chi connectivity index (χ0) is 14.9. The van der Waals surface area contributed by atoms with E-state index in [0.717, 1.165) is 5.56 Å². The molecule has 1 aromatic heterocycles. The molecule has 0 fully saturated rings. The summed E-state index contributed by atoms with van der Waals surface area (Å²) in [6.07, 6.45) is 1.77. The van der Waals surface area contributed by atoms with E-state index < -0.39 is 8.32 Å². The topological polar surface area (TPSA) is 61.0 Å². The zero-order valence-corrected chi connectivity index (χ0v) is 14.2. The van der Waals surface area contributed by atoms with Gasteiger partial charge in [-0.15, -0.1) is 5.10 Å². The van der Waals surface area contributed by atoms with E-state index in [1.807, 2.05) is 6.07 Å². The minimum absolute atomic E-state index is 0.112. The third-order valence-corrected chi connectivity index (χ3v) is 8.53. The Morgan fingerprint density at radius 1 is 1.21 bits per heavy atom. The number of aromatic nitrogens is 2. The number of hydrogen-bond donors (Lipinski definition) is 1. The number of nitrogen functional groups attached to an aromatic ring is 1. The van der Waals surface area contributed by atoms with Crippen molar-refractivity contribution in [3.8, 4) is 0 Å².